The number of ether oxygens (including phenoxy) is 2. The van der Waals surface area contributed by atoms with E-state index in [-0.39, 0.29) is 0 Å². The molecule has 0 aliphatic carbocycles. The summed E-state index contributed by atoms with van der Waals surface area (Å²) in [6.07, 6.45) is 2.12. The molecule has 0 saturated heterocycles. The first-order chi connectivity index (χ1) is 7.06. The zero-order chi connectivity index (χ0) is 11.6. The molecule has 0 spiro atoms. The van der Waals surface area contributed by atoms with Gasteiger partial charge in [0.25, 0.3) is 0 Å². The molecule has 0 amide bonds. The highest BCUT2D eigenvalue weighted by molar-refractivity contribution is 4.67. The van der Waals surface area contributed by atoms with E-state index in [2.05, 4.69) is 5.32 Å². The minimum atomic E-state index is -0.616. The second-order valence-electron chi connectivity index (χ2n) is 4.30. The molecule has 0 heterocycles. The third-order valence-electron chi connectivity index (χ3n) is 1.88. The molecule has 0 unspecified atom stereocenters. The average molecular weight is 219 g/mol. The van der Waals surface area contributed by atoms with Crippen molar-refractivity contribution < 1.29 is 14.6 Å². The second-order valence-corrected chi connectivity index (χ2v) is 4.30. The van der Waals surface area contributed by atoms with E-state index in [4.69, 9.17) is 9.47 Å². The van der Waals surface area contributed by atoms with E-state index in [1.165, 1.54) is 0 Å². The number of methoxy groups -OCH3 is 1. The molecule has 0 radical (unpaired) electrons. The molecule has 0 atom stereocenters. The Labute approximate surface area is 93.0 Å². The van der Waals surface area contributed by atoms with Crippen molar-refractivity contribution in [3.63, 3.8) is 0 Å². The Kier molecular flexibility index (Phi) is 9.00. The molecule has 4 nitrogen and oxygen atoms in total. The molecule has 0 aromatic heterocycles. The summed E-state index contributed by atoms with van der Waals surface area (Å²) in [6, 6.07) is 0. The summed E-state index contributed by atoms with van der Waals surface area (Å²) >= 11 is 0. The maximum Gasteiger partial charge on any atom is 0.0715 e. The monoisotopic (exact) mass is 219 g/mol. The van der Waals surface area contributed by atoms with E-state index in [0.29, 0.717) is 19.8 Å². The van der Waals surface area contributed by atoms with Crippen LogP contribution in [0.4, 0.5) is 0 Å². The molecule has 0 fully saturated rings. The van der Waals surface area contributed by atoms with Crippen LogP contribution in [0.2, 0.25) is 0 Å². The molecule has 0 aliphatic rings. The second kappa shape index (κ2) is 9.09. The Morgan fingerprint density at radius 1 is 1.13 bits per heavy atom. The van der Waals surface area contributed by atoms with Gasteiger partial charge in [0.1, 0.15) is 0 Å². The number of hydrogen-bond acceptors (Lipinski definition) is 4. The first kappa shape index (κ1) is 14.8. The van der Waals surface area contributed by atoms with E-state index in [9.17, 15) is 5.11 Å². The molecular formula is C11H25NO3. The van der Waals surface area contributed by atoms with Gasteiger partial charge in [0.15, 0.2) is 0 Å². The Morgan fingerprint density at radius 3 is 2.47 bits per heavy atom. The van der Waals surface area contributed by atoms with Crippen LogP contribution in [-0.2, 0) is 9.47 Å². The molecule has 4 heteroatoms. The predicted octanol–water partition coefficient (Wildman–Crippen LogP) is 0.790. The van der Waals surface area contributed by atoms with Gasteiger partial charge in [-0.3, -0.25) is 0 Å². The van der Waals surface area contributed by atoms with Crippen molar-refractivity contribution in [1.29, 1.82) is 0 Å². The first-order valence-corrected chi connectivity index (χ1v) is 5.56. The lowest BCUT2D eigenvalue weighted by Crippen LogP contribution is -2.35. The topological polar surface area (TPSA) is 50.7 Å². The van der Waals surface area contributed by atoms with Gasteiger partial charge in [-0.2, -0.15) is 0 Å². The van der Waals surface area contributed by atoms with E-state index in [1.807, 2.05) is 0 Å². The number of hydrogen-bond donors (Lipinski definition) is 2. The van der Waals surface area contributed by atoms with Crippen LogP contribution in [0.5, 0.6) is 0 Å². The molecule has 0 aliphatic heterocycles. The molecule has 0 aromatic carbocycles. The van der Waals surface area contributed by atoms with E-state index in [1.54, 1.807) is 21.0 Å². The van der Waals surface area contributed by atoms with Crippen LogP contribution in [0, 0.1) is 0 Å². The van der Waals surface area contributed by atoms with Crippen LogP contribution in [-0.4, -0.2) is 50.7 Å². The highest BCUT2D eigenvalue weighted by Crippen LogP contribution is 1.97. The van der Waals surface area contributed by atoms with Crippen LogP contribution in [0.1, 0.15) is 26.7 Å². The average Bonchev–Trinajstić information content (AvgIpc) is 2.14. The van der Waals surface area contributed by atoms with Crippen molar-refractivity contribution in [3.8, 4) is 0 Å². The van der Waals surface area contributed by atoms with Gasteiger partial charge >= 0.3 is 0 Å². The molecule has 0 saturated carbocycles. The Balaban J connectivity index is 2.99. The Morgan fingerprint density at radius 2 is 1.87 bits per heavy atom. The standard InChI is InChI=1S/C11H25NO3/c1-11(2,13)10-12-6-4-5-7-15-9-8-14-3/h12-13H,4-10H2,1-3H3. The normalized spacial score (nSPS) is 12.0. The SMILES string of the molecule is COCCOCCCCNCC(C)(C)O. The van der Waals surface area contributed by atoms with E-state index >= 15 is 0 Å². The molecule has 2 N–H and O–H groups in total. The zero-order valence-electron chi connectivity index (χ0n) is 10.2. The molecule has 0 bridgehead atoms. The third-order valence-corrected chi connectivity index (χ3v) is 1.88. The van der Waals surface area contributed by atoms with Crippen molar-refractivity contribution in [1.82, 2.24) is 5.32 Å². The first-order valence-electron chi connectivity index (χ1n) is 5.56. The summed E-state index contributed by atoms with van der Waals surface area (Å²) in [4.78, 5) is 0. The van der Waals surface area contributed by atoms with Crippen molar-refractivity contribution in [3.05, 3.63) is 0 Å². The number of aliphatic hydroxyl groups is 1. The Hall–Kier alpha value is -0.160. The van der Waals surface area contributed by atoms with Crippen LogP contribution in [0.25, 0.3) is 0 Å². The highest BCUT2D eigenvalue weighted by atomic mass is 16.5. The fourth-order valence-corrected chi connectivity index (χ4v) is 1.09. The van der Waals surface area contributed by atoms with Gasteiger partial charge in [0, 0.05) is 20.3 Å². The predicted molar refractivity (Wildman–Crippen MR) is 61.1 cm³/mol. The molecule has 92 valence electrons. The number of nitrogens with one attached hydrogen (secondary N) is 1. The summed E-state index contributed by atoms with van der Waals surface area (Å²) < 4.78 is 10.2. The largest absolute Gasteiger partial charge is 0.389 e. The quantitative estimate of drug-likeness (QED) is 0.533. The minimum absolute atomic E-state index is 0.616. The lowest BCUT2D eigenvalue weighted by atomic mass is 10.1. The molecule has 0 rings (SSSR count). The fourth-order valence-electron chi connectivity index (χ4n) is 1.09. The molecule has 15 heavy (non-hydrogen) atoms. The third kappa shape index (κ3) is 13.8. The number of rotatable bonds is 10. The van der Waals surface area contributed by atoms with Gasteiger partial charge < -0.3 is 19.9 Å². The van der Waals surface area contributed by atoms with Gasteiger partial charge in [0.05, 0.1) is 18.8 Å². The molecule has 0 aromatic rings. The van der Waals surface area contributed by atoms with Gasteiger partial charge in [-0.1, -0.05) is 0 Å². The maximum absolute atomic E-state index is 9.42. The van der Waals surface area contributed by atoms with Crippen molar-refractivity contribution in [2.75, 3.05) is 40.0 Å². The van der Waals surface area contributed by atoms with Crippen LogP contribution >= 0.6 is 0 Å². The van der Waals surface area contributed by atoms with Crippen LogP contribution in [0.15, 0.2) is 0 Å². The van der Waals surface area contributed by atoms with Crippen molar-refractivity contribution in [2.24, 2.45) is 0 Å². The van der Waals surface area contributed by atoms with Gasteiger partial charge in [-0.15, -0.1) is 0 Å². The van der Waals surface area contributed by atoms with Crippen LogP contribution in [0.3, 0.4) is 0 Å². The smallest absolute Gasteiger partial charge is 0.0715 e. The summed E-state index contributed by atoms with van der Waals surface area (Å²) in [7, 11) is 1.67. The molecular weight excluding hydrogens is 194 g/mol. The number of unbranched alkanes of at least 4 members (excludes halogenated alkanes) is 1. The van der Waals surface area contributed by atoms with Crippen molar-refractivity contribution >= 4 is 0 Å². The summed E-state index contributed by atoms with van der Waals surface area (Å²) in [5.74, 6) is 0. The highest BCUT2D eigenvalue weighted by Gasteiger charge is 2.10. The summed E-state index contributed by atoms with van der Waals surface area (Å²) in [5, 5.41) is 12.6. The fraction of sp³-hybridized carbons (Fsp3) is 1.00. The van der Waals surface area contributed by atoms with Gasteiger partial charge in [0.2, 0.25) is 0 Å². The van der Waals surface area contributed by atoms with Gasteiger partial charge in [-0.05, 0) is 33.2 Å². The van der Waals surface area contributed by atoms with Crippen molar-refractivity contribution in [2.45, 2.75) is 32.3 Å². The Bertz CT molecular complexity index is 134. The summed E-state index contributed by atoms with van der Waals surface area (Å²) in [6.45, 7) is 7.29. The lowest BCUT2D eigenvalue weighted by Gasteiger charge is -2.17. The van der Waals surface area contributed by atoms with Crippen LogP contribution < -0.4 is 5.32 Å². The van der Waals surface area contributed by atoms with E-state index in [0.717, 1.165) is 26.0 Å². The lowest BCUT2D eigenvalue weighted by molar-refractivity contribution is 0.0675. The minimum Gasteiger partial charge on any atom is -0.389 e. The van der Waals surface area contributed by atoms with Gasteiger partial charge in [-0.25, -0.2) is 0 Å². The zero-order valence-corrected chi connectivity index (χ0v) is 10.2. The summed E-state index contributed by atoms with van der Waals surface area (Å²) in [5.41, 5.74) is -0.616. The van der Waals surface area contributed by atoms with E-state index < -0.39 is 5.60 Å². The maximum atomic E-state index is 9.42.